The van der Waals surface area contributed by atoms with Gasteiger partial charge in [-0.05, 0) is 56.4 Å². The van der Waals surface area contributed by atoms with Crippen molar-refractivity contribution in [2.24, 2.45) is 33.7 Å². The molecule has 1 amide bonds. The molecule has 0 bridgehead atoms. The molecule has 0 aromatic rings. The molecule has 0 saturated carbocycles. The first kappa shape index (κ1) is 26.2. The van der Waals surface area contributed by atoms with E-state index in [2.05, 4.69) is 37.8 Å². The van der Waals surface area contributed by atoms with Gasteiger partial charge in [-0.3, -0.25) is 4.79 Å². The van der Waals surface area contributed by atoms with E-state index in [9.17, 15) is 18.0 Å². The van der Waals surface area contributed by atoms with Crippen LogP contribution in [0.2, 0.25) is 0 Å². The number of nitrogens with two attached hydrogens (primary N) is 1. The van der Waals surface area contributed by atoms with Gasteiger partial charge in [0.25, 0.3) is 0 Å². The topological polar surface area (TPSA) is 71.0 Å². The zero-order chi connectivity index (χ0) is 23.1. The first-order valence-corrected chi connectivity index (χ1v) is 10.7. The van der Waals surface area contributed by atoms with Crippen LogP contribution in [-0.2, 0) is 4.79 Å². The molecule has 2 N–H and O–H groups in total. The van der Waals surface area contributed by atoms with Crippen LogP contribution in [0.1, 0.15) is 73.1 Å². The molecule has 0 saturated heterocycles. The van der Waals surface area contributed by atoms with Gasteiger partial charge in [0.15, 0.2) is 5.84 Å². The number of halogens is 3. The summed E-state index contributed by atoms with van der Waals surface area (Å²) in [6.07, 6.45) is 0.799. The second-order valence-electron chi connectivity index (χ2n) is 8.88. The molecule has 1 aliphatic rings. The Morgan fingerprint density at radius 3 is 2.50 bits per heavy atom. The van der Waals surface area contributed by atoms with Crippen LogP contribution < -0.4 is 5.84 Å². The third-order valence-electron chi connectivity index (χ3n) is 6.48. The number of carbonyl (C=O) groups is 1. The fraction of sp³-hybridized carbons (Fsp3) is 0.773. The van der Waals surface area contributed by atoms with Gasteiger partial charge in [-0.15, -0.1) is 0 Å². The Kier molecular flexibility index (Phi) is 9.56. The molecule has 0 heterocycles. The Morgan fingerprint density at radius 1 is 1.37 bits per heavy atom. The lowest BCUT2D eigenvalue weighted by atomic mass is 9.81. The van der Waals surface area contributed by atoms with E-state index in [0.717, 1.165) is 31.1 Å². The molecular formula is C22H37F3N4O. The van der Waals surface area contributed by atoms with Crippen molar-refractivity contribution < 1.29 is 18.0 Å². The highest BCUT2D eigenvalue weighted by molar-refractivity contribution is 6.02. The molecule has 0 fully saturated rings. The minimum absolute atomic E-state index is 0.0355. The fourth-order valence-electron chi connectivity index (χ4n) is 3.90. The number of rotatable bonds is 7. The Bertz CT molecular complexity index is 670. The van der Waals surface area contributed by atoms with Gasteiger partial charge in [-0.25, -0.2) is 4.99 Å². The molecule has 0 aliphatic heterocycles. The number of carbonyl (C=O) groups excluding carboxylic acids is 1. The number of nitrogens with zero attached hydrogens (tertiary/aromatic N) is 3. The summed E-state index contributed by atoms with van der Waals surface area (Å²) < 4.78 is 37.1. The van der Waals surface area contributed by atoms with Crippen LogP contribution in [0.3, 0.4) is 0 Å². The molecule has 1 aliphatic carbocycles. The minimum atomic E-state index is -4.31. The molecular weight excluding hydrogens is 393 g/mol. The van der Waals surface area contributed by atoms with Crippen LogP contribution in [0.5, 0.6) is 0 Å². The maximum absolute atomic E-state index is 13.3. The van der Waals surface area contributed by atoms with Gasteiger partial charge >= 0.3 is 6.18 Å². The number of alkyl halides is 3. The van der Waals surface area contributed by atoms with E-state index in [4.69, 9.17) is 5.84 Å². The fourth-order valence-corrected chi connectivity index (χ4v) is 3.90. The van der Waals surface area contributed by atoms with Gasteiger partial charge < -0.3 is 10.7 Å². The monoisotopic (exact) mass is 430 g/mol. The lowest BCUT2D eigenvalue weighted by molar-refractivity contribution is -0.142. The Hall–Kier alpha value is -1.86. The molecule has 8 heteroatoms. The van der Waals surface area contributed by atoms with Gasteiger partial charge in [-0.1, -0.05) is 33.8 Å². The number of aliphatic imine (C=N–C) groups is 1. The zero-order valence-electron chi connectivity index (χ0n) is 19.1. The summed E-state index contributed by atoms with van der Waals surface area (Å²) in [5, 5.41) is 3.59. The number of amides is 1. The largest absolute Gasteiger partial charge is 0.393 e. The van der Waals surface area contributed by atoms with Gasteiger partial charge in [-0.2, -0.15) is 18.3 Å². The highest BCUT2D eigenvalue weighted by Gasteiger charge is 2.37. The van der Waals surface area contributed by atoms with E-state index < -0.39 is 12.6 Å². The van der Waals surface area contributed by atoms with E-state index in [1.807, 2.05) is 24.9 Å². The second kappa shape index (κ2) is 11.0. The van der Waals surface area contributed by atoms with Crippen molar-refractivity contribution in [2.75, 3.05) is 7.05 Å². The van der Waals surface area contributed by atoms with Crippen LogP contribution in [0.25, 0.3) is 0 Å². The van der Waals surface area contributed by atoms with Crippen molar-refractivity contribution in [3.8, 4) is 0 Å². The van der Waals surface area contributed by atoms with Crippen molar-refractivity contribution in [1.82, 2.24) is 4.90 Å². The summed E-state index contributed by atoms with van der Waals surface area (Å²) in [5.41, 5.74) is 0.348. The van der Waals surface area contributed by atoms with E-state index in [-0.39, 0.29) is 29.1 Å². The zero-order valence-corrected chi connectivity index (χ0v) is 19.1. The van der Waals surface area contributed by atoms with Gasteiger partial charge in [0.1, 0.15) is 0 Å². The SMILES string of the molecule is CCC(C(=O)N(C)C1(C)CC=C(C(=N/N)/N=C/CC(F)(F)F)CCC1)C(C)C(C)C. The van der Waals surface area contributed by atoms with Crippen LogP contribution in [0, 0.1) is 17.8 Å². The van der Waals surface area contributed by atoms with Crippen molar-refractivity contribution in [3.05, 3.63) is 11.6 Å². The summed E-state index contributed by atoms with van der Waals surface area (Å²) in [6.45, 7) is 10.5. The van der Waals surface area contributed by atoms with E-state index in [1.165, 1.54) is 0 Å². The van der Waals surface area contributed by atoms with Crippen LogP contribution in [-0.4, -0.2) is 41.6 Å². The average molecular weight is 431 g/mol. The maximum Gasteiger partial charge on any atom is 0.393 e. The van der Waals surface area contributed by atoms with Gasteiger partial charge in [0, 0.05) is 24.7 Å². The lowest BCUT2D eigenvalue weighted by Gasteiger charge is -2.41. The van der Waals surface area contributed by atoms with Crippen molar-refractivity contribution in [3.63, 3.8) is 0 Å². The molecule has 0 aromatic heterocycles. The first-order chi connectivity index (χ1) is 13.9. The number of amidine groups is 1. The summed E-state index contributed by atoms with van der Waals surface area (Å²) in [7, 11) is 1.86. The normalized spacial score (nSPS) is 23.3. The Balaban J connectivity index is 2.99. The molecule has 3 unspecified atom stereocenters. The third-order valence-corrected chi connectivity index (χ3v) is 6.48. The highest BCUT2D eigenvalue weighted by atomic mass is 19.4. The predicted molar refractivity (Wildman–Crippen MR) is 116 cm³/mol. The molecule has 1 rings (SSSR count). The van der Waals surface area contributed by atoms with E-state index in [1.54, 1.807) is 0 Å². The van der Waals surface area contributed by atoms with Crippen LogP contribution in [0.4, 0.5) is 13.2 Å². The number of hydrogen-bond donors (Lipinski definition) is 1. The Labute approximate surface area is 178 Å². The highest BCUT2D eigenvalue weighted by Crippen LogP contribution is 2.34. The second-order valence-corrected chi connectivity index (χ2v) is 8.88. The first-order valence-electron chi connectivity index (χ1n) is 10.7. The minimum Gasteiger partial charge on any atom is -0.340 e. The molecule has 0 radical (unpaired) electrons. The van der Waals surface area contributed by atoms with Crippen LogP contribution in [0.15, 0.2) is 21.7 Å². The maximum atomic E-state index is 13.3. The summed E-state index contributed by atoms with van der Waals surface area (Å²) in [5.74, 6) is 6.32. The lowest BCUT2D eigenvalue weighted by Crippen LogP contribution is -2.50. The Morgan fingerprint density at radius 2 is 2.00 bits per heavy atom. The quantitative estimate of drug-likeness (QED) is 0.257. The standard InChI is InChI=1S/C22H37F3N4O/c1-7-18(16(4)15(2)3)20(30)29(6)21(5)11-8-9-17(10-12-21)19(28-26)27-14-13-22(23,24)25/h10,14-16,18H,7-9,11-13,26H2,1-6H3/b27-14+,28-19-. The summed E-state index contributed by atoms with van der Waals surface area (Å²) >= 11 is 0. The molecule has 0 spiro atoms. The molecule has 30 heavy (non-hydrogen) atoms. The molecule has 3 atom stereocenters. The summed E-state index contributed by atoms with van der Waals surface area (Å²) in [6, 6.07) is 0. The predicted octanol–water partition coefficient (Wildman–Crippen LogP) is 5.32. The third kappa shape index (κ3) is 7.13. The van der Waals surface area contributed by atoms with E-state index >= 15 is 0 Å². The number of hydrogen-bond acceptors (Lipinski definition) is 3. The van der Waals surface area contributed by atoms with Crippen LogP contribution >= 0.6 is 0 Å². The average Bonchev–Trinajstić information content (AvgIpc) is 2.86. The van der Waals surface area contributed by atoms with Gasteiger partial charge in [0.2, 0.25) is 5.91 Å². The molecule has 172 valence electrons. The van der Waals surface area contributed by atoms with E-state index in [0.29, 0.717) is 18.8 Å². The van der Waals surface area contributed by atoms with Crippen molar-refractivity contribution in [1.29, 1.82) is 0 Å². The summed E-state index contributed by atoms with van der Waals surface area (Å²) in [4.78, 5) is 19.0. The van der Waals surface area contributed by atoms with Crippen molar-refractivity contribution in [2.45, 2.75) is 84.9 Å². The van der Waals surface area contributed by atoms with Gasteiger partial charge in [0.05, 0.1) is 6.42 Å². The number of hydrazone groups is 1. The smallest absolute Gasteiger partial charge is 0.340 e. The van der Waals surface area contributed by atoms with Crippen molar-refractivity contribution >= 4 is 18.0 Å². The molecule has 5 nitrogen and oxygen atoms in total. The molecule has 0 aromatic carbocycles.